The summed E-state index contributed by atoms with van der Waals surface area (Å²) in [5, 5.41) is 10.0. The lowest BCUT2D eigenvalue weighted by Crippen LogP contribution is -2.21. The Balaban J connectivity index is 1.78. The van der Waals surface area contributed by atoms with Crippen molar-refractivity contribution in [3.05, 3.63) is 89.0 Å². The molecule has 3 rings (SSSR count). The Morgan fingerprint density at radius 2 is 1.64 bits per heavy atom. The van der Waals surface area contributed by atoms with Crippen molar-refractivity contribution in [1.82, 2.24) is 0 Å². The Hall–Kier alpha value is -3.90. The highest BCUT2D eigenvalue weighted by atomic mass is 32.2. The average molecular weight is 523 g/mol. The van der Waals surface area contributed by atoms with Crippen LogP contribution in [0.5, 0.6) is 11.5 Å². The van der Waals surface area contributed by atoms with Crippen LogP contribution in [0.15, 0.2) is 66.7 Å². The third-order valence-electron chi connectivity index (χ3n) is 5.01. The Morgan fingerprint density at radius 3 is 2.17 bits per heavy atom. The summed E-state index contributed by atoms with van der Waals surface area (Å²) in [6.45, 7) is 0. The molecule has 0 aliphatic heterocycles. The Kier molecular flexibility index (Phi) is 7.70. The Labute approximate surface area is 204 Å². The van der Waals surface area contributed by atoms with Gasteiger partial charge in [0.15, 0.2) is 9.84 Å². The predicted octanol–water partition coefficient (Wildman–Crippen LogP) is 4.38. The molecule has 1 atom stereocenters. The van der Waals surface area contributed by atoms with E-state index in [0.29, 0.717) is 5.56 Å². The first-order valence-electron chi connectivity index (χ1n) is 10.3. The smallest absolute Gasteiger partial charge is 0.416 e. The van der Waals surface area contributed by atoms with E-state index in [2.05, 4.69) is 5.32 Å². The van der Waals surface area contributed by atoms with Crippen molar-refractivity contribution < 1.29 is 41.0 Å². The molecule has 0 aliphatic rings. The van der Waals surface area contributed by atoms with E-state index in [9.17, 15) is 31.2 Å². The van der Waals surface area contributed by atoms with Gasteiger partial charge in [-0.25, -0.2) is 8.42 Å². The maximum Gasteiger partial charge on any atom is 0.416 e. The minimum Gasteiger partial charge on any atom is -0.481 e. The van der Waals surface area contributed by atoms with Crippen LogP contribution >= 0.6 is 0 Å². The van der Waals surface area contributed by atoms with Crippen LogP contribution < -0.4 is 15.8 Å². The summed E-state index contributed by atoms with van der Waals surface area (Å²) in [4.78, 5) is 23.5. The van der Waals surface area contributed by atoms with Crippen LogP contribution in [0.2, 0.25) is 0 Å². The van der Waals surface area contributed by atoms with Crippen LogP contribution in [0.3, 0.4) is 0 Å². The third kappa shape index (κ3) is 6.83. The average Bonchev–Trinajstić information content (AvgIpc) is 2.79. The molecule has 0 saturated heterocycles. The molecule has 12 heteroatoms. The van der Waals surface area contributed by atoms with E-state index in [0.717, 1.165) is 30.5 Å². The number of nitrogens with two attached hydrogens (primary N) is 1. The fourth-order valence-electron chi connectivity index (χ4n) is 3.18. The van der Waals surface area contributed by atoms with Crippen LogP contribution in [0, 0.1) is 0 Å². The normalized spacial score (nSPS) is 12.6. The highest BCUT2D eigenvalue weighted by Gasteiger charge is 2.30. The number of carbonyl (C=O) groups excluding carboxylic acids is 1. The number of ether oxygens (including phenoxy) is 1. The zero-order chi connectivity index (χ0) is 26.7. The maximum absolute atomic E-state index is 12.7. The van der Waals surface area contributed by atoms with Crippen molar-refractivity contribution in [2.45, 2.75) is 18.0 Å². The first kappa shape index (κ1) is 26.7. The quantitative estimate of drug-likeness (QED) is 0.399. The minimum absolute atomic E-state index is 0.0698. The van der Waals surface area contributed by atoms with Crippen molar-refractivity contribution in [2.24, 2.45) is 5.73 Å². The van der Waals surface area contributed by atoms with Gasteiger partial charge in [0.2, 0.25) is 0 Å². The van der Waals surface area contributed by atoms with Crippen molar-refractivity contribution in [3.8, 4) is 11.5 Å². The molecule has 36 heavy (non-hydrogen) atoms. The van der Waals surface area contributed by atoms with E-state index in [1.807, 2.05) is 0 Å². The van der Waals surface area contributed by atoms with Crippen molar-refractivity contribution >= 4 is 27.4 Å². The molecule has 0 fully saturated rings. The SMILES string of the molecule is CS(=O)(=O)C(N)c1cc(CC(=O)O)ccc1Oc1ccc(C(=O)Nc2ccc(C(F)(F)F)cc2)cc1. The van der Waals surface area contributed by atoms with E-state index in [1.165, 1.54) is 42.5 Å². The summed E-state index contributed by atoms with van der Waals surface area (Å²) in [5.41, 5.74) is 5.79. The van der Waals surface area contributed by atoms with Gasteiger partial charge >= 0.3 is 12.1 Å². The highest BCUT2D eigenvalue weighted by Crippen LogP contribution is 2.33. The summed E-state index contributed by atoms with van der Waals surface area (Å²) >= 11 is 0. The fourth-order valence-corrected chi connectivity index (χ4v) is 3.82. The number of carboxylic acids is 1. The van der Waals surface area contributed by atoms with Gasteiger partial charge in [-0.3, -0.25) is 9.59 Å². The highest BCUT2D eigenvalue weighted by molar-refractivity contribution is 7.90. The second-order valence-corrected chi connectivity index (χ2v) is 10.0. The van der Waals surface area contributed by atoms with Gasteiger partial charge in [-0.15, -0.1) is 0 Å². The maximum atomic E-state index is 12.7. The molecule has 0 aromatic heterocycles. The molecule has 0 saturated carbocycles. The molecular weight excluding hydrogens is 501 g/mol. The van der Waals surface area contributed by atoms with Gasteiger partial charge in [-0.05, 0) is 66.2 Å². The largest absolute Gasteiger partial charge is 0.481 e. The minimum atomic E-state index is -4.49. The van der Waals surface area contributed by atoms with E-state index in [-0.39, 0.29) is 34.7 Å². The molecule has 4 N–H and O–H groups in total. The van der Waals surface area contributed by atoms with Gasteiger partial charge in [0.05, 0.1) is 12.0 Å². The second-order valence-electron chi connectivity index (χ2n) is 7.85. The standard InChI is InChI=1S/C24H21F3N2O6S/c1-36(33,34)22(28)19-12-14(13-21(30)31)2-11-20(19)35-18-9-3-15(4-10-18)23(32)29-17-7-5-16(6-8-17)24(25,26)27/h2-12,22H,13,28H2,1H3,(H,29,32)(H,30,31). The van der Waals surface area contributed by atoms with Crippen molar-refractivity contribution in [3.63, 3.8) is 0 Å². The van der Waals surface area contributed by atoms with Crippen LogP contribution in [-0.2, 0) is 27.2 Å². The number of nitrogens with one attached hydrogen (secondary N) is 1. The topological polar surface area (TPSA) is 136 Å². The number of carboxylic acid groups (broad SMARTS) is 1. The summed E-state index contributed by atoms with van der Waals surface area (Å²) < 4.78 is 67.8. The number of hydrogen-bond donors (Lipinski definition) is 3. The molecule has 0 aliphatic carbocycles. The van der Waals surface area contributed by atoms with E-state index >= 15 is 0 Å². The predicted molar refractivity (Wildman–Crippen MR) is 125 cm³/mol. The Morgan fingerprint density at radius 1 is 1.03 bits per heavy atom. The van der Waals surface area contributed by atoms with E-state index in [4.69, 9.17) is 15.6 Å². The summed E-state index contributed by atoms with van der Waals surface area (Å²) in [7, 11) is -3.74. The molecule has 0 radical (unpaired) electrons. The fraction of sp³-hybridized carbons (Fsp3) is 0.167. The number of sulfone groups is 1. The lowest BCUT2D eigenvalue weighted by atomic mass is 10.1. The van der Waals surface area contributed by atoms with Crippen LogP contribution in [0.25, 0.3) is 0 Å². The molecule has 1 amide bonds. The number of aliphatic carboxylic acids is 1. The number of carbonyl (C=O) groups is 2. The van der Waals surface area contributed by atoms with Gasteiger partial charge in [0.25, 0.3) is 5.91 Å². The molecule has 0 bridgehead atoms. The monoisotopic (exact) mass is 522 g/mol. The number of hydrogen-bond acceptors (Lipinski definition) is 6. The van der Waals surface area contributed by atoms with Crippen LogP contribution in [-0.4, -0.2) is 31.7 Å². The van der Waals surface area contributed by atoms with E-state index in [1.54, 1.807) is 0 Å². The van der Waals surface area contributed by atoms with Crippen molar-refractivity contribution in [2.75, 3.05) is 11.6 Å². The van der Waals surface area contributed by atoms with Gasteiger partial charge in [0, 0.05) is 23.1 Å². The van der Waals surface area contributed by atoms with Gasteiger partial charge in [-0.1, -0.05) is 6.07 Å². The lowest BCUT2D eigenvalue weighted by Gasteiger charge is -2.17. The zero-order valence-corrected chi connectivity index (χ0v) is 19.6. The second kappa shape index (κ2) is 10.4. The number of rotatable bonds is 8. The van der Waals surface area contributed by atoms with Gasteiger partial charge in [0.1, 0.15) is 16.9 Å². The number of benzene rings is 3. The number of halogens is 3. The van der Waals surface area contributed by atoms with Crippen molar-refractivity contribution in [1.29, 1.82) is 0 Å². The first-order valence-corrected chi connectivity index (χ1v) is 12.2. The summed E-state index contributed by atoms with van der Waals surface area (Å²) in [6.07, 6.45) is -3.89. The third-order valence-corrected chi connectivity index (χ3v) is 6.19. The summed E-state index contributed by atoms with van der Waals surface area (Å²) in [6, 6.07) is 13.9. The molecule has 0 heterocycles. The molecular formula is C24H21F3N2O6S. The number of alkyl halides is 3. The first-order chi connectivity index (χ1) is 16.7. The molecule has 0 spiro atoms. The van der Waals surface area contributed by atoms with Crippen LogP contribution in [0.1, 0.15) is 32.4 Å². The zero-order valence-electron chi connectivity index (χ0n) is 18.7. The van der Waals surface area contributed by atoms with E-state index < -0.39 is 38.8 Å². The number of amides is 1. The van der Waals surface area contributed by atoms with Gasteiger partial charge < -0.3 is 20.9 Å². The molecule has 8 nitrogen and oxygen atoms in total. The Bertz CT molecular complexity index is 1370. The lowest BCUT2D eigenvalue weighted by molar-refractivity contribution is -0.138. The molecule has 190 valence electrons. The van der Waals surface area contributed by atoms with Gasteiger partial charge in [-0.2, -0.15) is 13.2 Å². The van der Waals surface area contributed by atoms with Crippen LogP contribution in [0.4, 0.5) is 18.9 Å². The summed E-state index contributed by atoms with van der Waals surface area (Å²) in [5.74, 6) is -1.36. The molecule has 3 aromatic rings. The molecule has 1 unspecified atom stereocenters. The molecule has 3 aromatic carbocycles. The number of anilines is 1.